The van der Waals surface area contributed by atoms with Gasteiger partial charge in [-0.2, -0.15) is 0 Å². The number of nitrogens with one attached hydrogen (secondary N) is 1. The molecule has 1 aromatic rings. The molecular weight excluding hydrogens is 276 g/mol. The fourth-order valence-electron chi connectivity index (χ4n) is 2.39. The summed E-state index contributed by atoms with van der Waals surface area (Å²) in [7, 11) is 0. The molecule has 0 bridgehead atoms. The second kappa shape index (κ2) is 7.36. The van der Waals surface area contributed by atoms with Crippen molar-refractivity contribution in [3.8, 4) is 0 Å². The quantitative estimate of drug-likeness (QED) is 0.902. The van der Waals surface area contributed by atoms with Crippen LogP contribution in [0.4, 0.5) is 14.5 Å². The summed E-state index contributed by atoms with van der Waals surface area (Å²) in [4.78, 5) is 16.2. The average molecular weight is 297 g/mol. The van der Waals surface area contributed by atoms with Crippen LogP contribution in [0.1, 0.15) is 13.3 Å². The molecule has 0 radical (unpaired) electrons. The van der Waals surface area contributed by atoms with Gasteiger partial charge in [0.25, 0.3) is 0 Å². The zero-order valence-electron chi connectivity index (χ0n) is 12.2. The van der Waals surface area contributed by atoms with Gasteiger partial charge >= 0.3 is 0 Å². The molecule has 21 heavy (non-hydrogen) atoms. The van der Waals surface area contributed by atoms with Crippen molar-refractivity contribution in [3.05, 3.63) is 29.8 Å². The number of carbonyl (C=O) groups excluding carboxylic acids is 1. The minimum absolute atomic E-state index is 0.0980. The minimum atomic E-state index is -0.887. The summed E-state index contributed by atoms with van der Waals surface area (Å²) >= 11 is 0. The molecule has 0 saturated carbocycles. The lowest BCUT2D eigenvalue weighted by Crippen LogP contribution is -2.48. The van der Waals surface area contributed by atoms with Crippen LogP contribution in [-0.4, -0.2) is 55.0 Å². The smallest absolute Gasteiger partial charge is 0.224 e. The molecule has 0 atom stereocenters. The first-order valence-electron chi connectivity index (χ1n) is 7.29. The summed E-state index contributed by atoms with van der Waals surface area (Å²) in [5, 5.41) is 2.94. The molecule has 1 amide bonds. The van der Waals surface area contributed by atoms with Gasteiger partial charge in [-0.15, -0.1) is 0 Å². The van der Waals surface area contributed by atoms with Crippen molar-refractivity contribution in [2.24, 2.45) is 0 Å². The van der Waals surface area contributed by atoms with Gasteiger partial charge in [-0.25, -0.2) is 8.78 Å². The van der Waals surface area contributed by atoms with Crippen molar-refractivity contribution in [2.75, 3.05) is 44.6 Å². The van der Waals surface area contributed by atoms with E-state index in [0.717, 1.165) is 44.9 Å². The number of amides is 1. The number of hydrogen-bond donors (Lipinski definition) is 1. The molecule has 1 N–H and O–H groups in total. The van der Waals surface area contributed by atoms with Gasteiger partial charge < -0.3 is 15.1 Å². The number of rotatable bonds is 5. The fourth-order valence-corrected chi connectivity index (χ4v) is 2.39. The molecule has 0 aliphatic carbocycles. The molecule has 2 rings (SSSR count). The van der Waals surface area contributed by atoms with Crippen LogP contribution in [0.5, 0.6) is 0 Å². The van der Waals surface area contributed by atoms with Crippen LogP contribution in [0, 0.1) is 11.6 Å². The molecule has 1 fully saturated rings. The molecule has 4 nitrogen and oxygen atoms in total. The highest BCUT2D eigenvalue weighted by Crippen LogP contribution is 2.13. The number of benzene rings is 1. The van der Waals surface area contributed by atoms with Gasteiger partial charge in [0.1, 0.15) is 0 Å². The third kappa shape index (κ3) is 4.39. The van der Waals surface area contributed by atoms with E-state index in [-0.39, 0.29) is 5.91 Å². The number of piperazine rings is 1. The van der Waals surface area contributed by atoms with Gasteiger partial charge in [-0.1, -0.05) is 6.92 Å². The zero-order chi connectivity index (χ0) is 15.2. The predicted octanol–water partition coefficient (Wildman–Crippen LogP) is 1.93. The molecule has 1 aromatic carbocycles. The second-order valence-corrected chi connectivity index (χ2v) is 5.12. The largest absolute Gasteiger partial charge is 0.384 e. The van der Waals surface area contributed by atoms with Crippen molar-refractivity contribution >= 4 is 11.6 Å². The molecule has 1 heterocycles. The topological polar surface area (TPSA) is 35.6 Å². The number of halogens is 2. The van der Waals surface area contributed by atoms with Crippen molar-refractivity contribution in [1.82, 2.24) is 9.80 Å². The Morgan fingerprint density at radius 1 is 1.19 bits per heavy atom. The third-order valence-electron chi connectivity index (χ3n) is 3.76. The van der Waals surface area contributed by atoms with E-state index >= 15 is 0 Å². The maximum absolute atomic E-state index is 13.0. The third-order valence-corrected chi connectivity index (χ3v) is 3.76. The molecule has 0 spiro atoms. The standard InChI is InChI=1S/C15H21F2N3O/c1-2-19-7-9-20(10-8-19)15(21)5-6-18-12-3-4-13(16)14(17)11-12/h3-4,11,18H,2,5-10H2,1H3. The maximum Gasteiger partial charge on any atom is 0.224 e. The van der Waals surface area contributed by atoms with Crippen LogP contribution in [0.15, 0.2) is 18.2 Å². The van der Waals surface area contributed by atoms with Gasteiger partial charge in [-0.3, -0.25) is 4.79 Å². The Balaban J connectivity index is 1.73. The molecule has 0 aromatic heterocycles. The lowest BCUT2D eigenvalue weighted by atomic mass is 10.2. The normalized spacial score (nSPS) is 16.0. The maximum atomic E-state index is 13.0. The van der Waals surface area contributed by atoms with Crippen LogP contribution in [0.25, 0.3) is 0 Å². The average Bonchev–Trinajstić information content (AvgIpc) is 2.51. The minimum Gasteiger partial charge on any atom is -0.384 e. The van der Waals surface area contributed by atoms with E-state index in [1.54, 1.807) is 0 Å². The van der Waals surface area contributed by atoms with Crippen molar-refractivity contribution in [2.45, 2.75) is 13.3 Å². The Labute approximate surface area is 123 Å². The Kier molecular flexibility index (Phi) is 5.50. The van der Waals surface area contributed by atoms with E-state index in [1.165, 1.54) is 6.07 Å². The zero-order valence-corrected chi connectivity index (χ0v) is 12.2. The highest BCUT2D eigenvalue weighted by molar-refractivity contribution is 5.76. The molecule has 1 saturated heterocycles. The van der Waals surface area contributed by atoms with Gasteiger partial charge in [0.05, 0.1) is 0 Å². The number of nitrogens with zero attached hydrogens (tertiary/aromatic N) is 2. The molecule has 116 valence electrons. The van der Waals surface area contributed by atoms with Crippen molar-refractivity contribution in [1.29, 1.82) is 0 Å². The Morgan fingerprint density at radius 2 is 1.90 bits per heavy atom. The first-order valence-corrected chi connectivity index (χ1v) is 7.29. The monoisotopic (exact) mass is 297 g/mol. The summed E-state index contributed by atoms with van der Waals surface area (Å²) in [6, 6.07) is 3.63. The van der Waals surface area contributed by atoms with Gasteiger partial charge in [0.15, 0.2) is 11.6 Å². The first kappa shape index (κ1) is 15.7. The summed E-state index contributed by atoms with van der Waals surface area (Å²) in [5.74, 6) is -1.66. The van der Waals surface area contributed by atoms with Crippen LogP contribution >= 0.6 is 0 Å². The number of likely N-dealkylation sites (N-methyl/N-ethyl adjacent to an activating group) is 1. The van der Waals surface area contributed by atoms with E-state index in [4.69, 9.17) is 0 Å². The van der Waals surface area contributed by atoms with Crippen LogP contribution < -0.4 is 5.32 Å². The van der Waals surface area contributed by atoms with E-state index in [1.807, 2.05) is 4.90 Å². The van der Waals surface area contributed by atoms with Crippen molar-refractivity contribution in [3.63, 3.8) is 0 Å². The number of carbonyl (C=O) groups is 1. The Morgan fingerprint density at radius 3 is 2.52 bits per heavy atom. The molecular formula is C15H21F2N3O. The van der Waals surface area contributed by atoms with Crippen molar-refractivity contribution < 1.29 is 13.6 Å². The molecule has 1 aliphatic heterocycles. The van der Waals surface area contributed by atoms with E-state index in [2.05, 4.69) is 17.1 Å². The van der Waals surface area contributed by atoms with E-state index in [0.29, 0.717) is 18.7 Å². The first-order chi connectivity index (χ1) is 10.1. The van der Waals surface area contributed by atoms with E-state index < -0.39 is 11.6 Å². The van der Waals surface area contributed by atoms with Crippen LogP contribution in [-0.2, 0) is 4.79 Å². The summed E-state index contributed by atoms with van der Waals surface area (Å²) < 4.78 is 25.8. The Hall–Kier alpha value is -1.69. The highest BCUT2D eigenvalue weighted by Gasteiger charge is 2.19. The summed E-state index contributed by atoms with van der Waals surface area (Å²) in [6.07, 6.45) is 0.352. The predicted molar refractivity (Wildman–Crippen MR) is 78.2 cm³/mol. The number of hydrogen-bond acceptors (Lipinski definition) is 3. The molecule has 0 unspecified atom stereocenters. The van der Waals surface area contributed by atoms with Gasteiger partial charge in [0, 0.05) is 44.8 Å². The lowest BCUT2D eigenvalue weighted by Gasteiger charge is -2.34. The van der Waals surface area contributed by atoms with Crippen LogP contribution in [0.2, 0.25) is 0 Å². The second-order valence-electron chi connectivity index (χ2n) is 5.12. The van der Waals surface area contributed by atoms with Gasteiger partial charge in [0.2, 0.25) is 5.91 Å². The number of anilines is 1. The highest BCUT2D eigenvalue weighted by atomic mass is 19.2. The lowest BCUT2D eigenvalue weighted by molar-refractivity contribution is -0.132. The summed E-state index contributed by atoms with van der Waals surface area (Å²) in [6.45, 7) is 6.90. The fraction of sp³-hybridized carbons (Fsp3) is 0.533. The van der Waals surface area contributed by atoms with E-state index in [9.17, 15) is 13.6 Å². The van der Waals surface area contributed by atoms with Crippen LogP contribution in [0.3, 0.4) is 0 Å². The molecule has 6 heteroatoms. The Bertz CT molecular complexity index is 488. The molecule has 1 aliphatic rings. The summed E-state index contributed by atoms with van der Waals surface area (Å²) in [5.41, 5.74) is 0.484. The SMILES string of the molecule is CCN1CCN(C(=O)CCNc2ccc(F)c(F)c2)CC1. The van der Waals surface area contributed by atoms with Gasteiger partial charge in [-0.05, 0) is 24.7 Å².